The third kappa shape index (κ3) is 4.16. The largest absolute Gasteiger partial charge is 0.332 e. The Bertz CT molecular complexity index is 947. The Morgan fingerprint density at radius 1 is 1.00 bits per heavy atom. The molecule has 0 aliphatic carbocycles. The molecule has 25 heavy (non-hydrogen) atoms. The Morgan fingerprint density at radius 2 is 1.76 bits per heavy atom. The fraction of sp³-hybridized carbons (Fsp3) is 0. The molecule has 3 rings (SSSR count). The molecule has 120 valence electrons. The summed E-state index contributed by atoms with van der Waals surface area (Å²) in [5.74, 6) is 0. The molecule has 0 aliphatic heterocycles. The van der Waals surface area contributed by atoms with Gasteiger partial charge in [0.2, 0.25) is 5.71 Å². The first-order valence-corrected chi connectivity index (χ1v) is 8.04. The molecular weight excluding hydrogens is 334 g/mol. The van der Waals surface area contributed by atoms with Gasteiger partial charge in [0.05, 0.1) is 11.4 Å². The molecule has 1 aromatic carbocycles. The van der Waals surface area contributed by atoms with Crippen LogP contribution >= 0.6 is 11.3 Å². The summed E-state index contributed by atoms with van der Waals surface area (Å²) in [5.41, 5.74) is 5.60. The Kier molecular flexibility index (Phi) is 4.95. The van der Waals surface area contributed by atoms with Gasteiger partial charge in [0.1, 0.15) is 17.8 Å². The summed E-state index contributed by atoms with van der Waals surface area (Å²) in [5, 5.41) is 26.9. The first-order valence-electron chi connectivity index (χ1n) is 7.16. The summed E-state index contributed by atoms with van der Waals surface area (Å²) < 4.78 is 0. The second kappa shape index (κ2) is 7.68. The molecule has 0 spiro atoms. The van der Waals surface area contributed by atoms with E-state index >= 15 is 0 Å². The van der Waals surface area contributed by atoms with Crippen LogP contribution in [-0.4, -0.2) is 15.7 Å². The number of nitriles is 2. The summed E-state index contributed by atoms with van der Waals surface area (Å²) in [4.78, 5) is 8.79. The van der Waals surface area contributed by atoms with Crippen LogP contribution in [0.2, 0.25) is 0 Å². The van der Waals surface area contributed by atoms with E-state index in [1.54, 1.807) is 30.5 Å². The average Bonchev–Trinajstić information content (AvgIpc) is 3.13. The summed E-state index contributed by atoms with van der Waals surface area (Å²) >= 11 is 1.49. The number of thiazole rings is 1. The van der Waals surface area contributed by atoms with E-state index < -0.39 is 0 Å². The van der Waals surface area contributed by atoms with Crippen molar-refractivity contribution >= 4 is 33.6 Å². The summed E-state index contributed by atoms with van der Waals surface area (Å²) in [6.45, 7) is 0. The molecule has 0 unspecified atom stereocenters. The standard InChI is InChI=1S/C17H11N7S/c18-9-14(10-19)24-23-13-6-4-12(5-7-13)21-17-22-16(11-25-17)15-3-1-2-8-20-15/h1-8,11,23H,(H,21,22). The monoisotopic (exact) mass is 345 g/mol. The topological polar surface area (TPSA) is 110 Å². The van der Waals surface area contributed by atoms with Crippen molar-refractivity contribution in [1.29, 1.82) is 10.5 Å². The van der Waals surface area contributed by atoms with Gasteiger partial charge in [-0.3, -0.25) is 10.4 Å². The van der Waals surface area contributed by atoms with Gasteiger partial charge in [-0.2, -0.15) is 15.6 Å². The van der Waals surface area contributed by atoms with Crippen LogP contribution in [0.25, 0.3) is 11.4 Å². The number of nitrogens with zero attached hydrogens (tertiary/aromatic N) is 5. The van der Waals surface area contributed by atoms with Crippen molar-refractivity contribution < 1.29 is 0 Å². The molecule has 2 heterocycles. The molecule has 8 heteroatoms. The molecule has 0 bridgehead atoms. The van der Waals surface area contributed by atoms with Crippen molar-refractivity contribution in [3.8, 4) is 23.5 Å². The van der Waals surface area contributed by atoms with Crippen LogP contribution in [0.3, 0.4) is 0 Å². The summed E-state index contributed by atoms with van der Waals surface area (Å²) in [6.07, 6.45) is 1.74. The normalized spacial score (nSPS) is 9.52. The number of rotatable bonds is 5. The first kappa shape index (κ1) is 16.1. The molecule has 0 atom stereocenters. The van der Waals surface area contributed by atoms with Crippen molar-refractivity contribution in [3.05, 3.63) is 54.0 Å². The quantitative estimate of drug-likeness (QED) is 0.538. The van der Waals surface area contributed by atoms with Gasteiger partial charge in [0, 0.05) is 17.3 Å². The summed E-state index contributed by atoms with van der Waals surface area (Å²) in [7, 11) is 0. The first-order chi connectivity index (χ1) is 12.3. The fourth-order valence-corrected chi connectivity index (χ4v) is 2.63. The maximum absolute atomic E-state index is 8.63. The molecule has 0 aliphatic rings. The number of anilines is 3. The Hall–Kier alpha value is -3.75. The number of hydrogen-bond donors (Lipinski definition) is 2. The second-order valence-electron chi connectivity index (χ2n) is 4.75. The minimum atomic E-state index is -0.230. The van der Waals surface area contributed by atoms with Crippen LogP contribution in [0.5, 0.6) is 0 Å². The molecule has 2 aromatic heterocycles. The molecule has 0 amide bonds. The third-order valence-corrected chi connectivity index (χ3v) is 3.83. The van der Waals surface area contributed by atoms with Gasteiger partial charge in [-0.05, 0) is 36.4 Å². The molecule has 0 saturated carbocycles. The number of hydrogen-bond acceptors (Lipinski definition) is 8. The lowest BCUT2D eigenvalue weighted by Gasteiger charge is -2.04. The lowest BCUT2D eigenvalue weighted by molar-refractivity contribution is 1.28. The van der Waals surface area contributed by atoms with Crippen LogP contribution in [0.1, 0.15) is 0 Å². The highest BCUT2D eigenvalue weighted by atomic mass is 32.1. The molecule has 2 N–H and O–H groups in total. The summed E-state index contributed by atoms with van der Waals surface area (Å²) in [6, 6.07) is 16.3. The van der Waals surface area contributed by atoms with Gasteiger partial charge >= 0.3 is 0 Å². The van der Waals surface area contributed by atoms with Gasteiger partial charge in [-0.25, -0.2) is 4.98 Å². The van der Waals surface area contributed by atoms with Crippen molar-refractivity contribution in [2.45, 2.75) is 0 Å². The van der Waals surface area contributed by atoms with Crippen LogP contribution in [0.15, 0.2) is 59.1 Å². The van der Waals surface area contributed by atoms with Gasteiger partial charge in [0.15, 0.2) is 5.13 Å². The molecule has 0 saturated heterocycles. The SMILES string of the molecule is N#CC(C#N)=NNc1ccc(Nc2nc(-c3ccccn3)cs2)cc1. The zero-order valence-corrected chi connectivity index (χ0v) is 13.7. The average molecular weight is 345 g/mol. The highest BCUT2D eigenvalue weighted by Gasteiger charge is 2.05. The lowest BCUT2D eigenvalue weighted by atomic mass is 10.3. The van der Waals surface area contributed by atoms with Crippen molar-refractivity contribution in [3.63, 3.8) is 0 Å². The van der Waals surface area contributed by atoms with Crippen LogP contribution in [0.4, 0.5) is 16.5 Å². The zero-order valence-electron chi connectivity index (χ0n) is 12.8. The highest BCUT2D eigenvalue weighted by molar-refractivity contribution is 7.14. The fourth-order valence-electron chi connectivity index (χ4n) is 1.91. The maximum Gasteiger partial charge on any atom is 0.237 e. The smallest absolute Gasteiger partial charge is 0.237 e. The Morgan fingerprint density at radius 3 is 2.44 bits per heavy atom. The number of aromatic nitrogens is 2. The molecular formula is C17H11N7S. The van der Waals surface area contributed by atoms with Crippen molar-refractivity contribution in [1.82, 2.24) is 9.97 Å². The number of nitrogens with one attached hydrogen (secondary N) is 2. The highest BCUT2D eigenvalue weighted by Crippen LogP contribution is 2.26. The van der Waals surface area contributed by atoms with Crippen molar-refractivity contribution in [2.24, 2.45) is 5.10 Å². The minimum absolute atomic E-state index is 0.230. The van der Waals surface area contributed by atoms with Crippen LogP contribution in [0, 0.1) is 22.7 Å². The second-order valence-corrected chi connectivity index (χ2v) is 5.61. The zero-order chi connectivity index (χ0) is 17.5. The van der Waals surface area contributed by atoms with E-state index in [0.717, 1.165) is 22.2 Å². The predicted molar refractivity (Wildman–Crippen MR) is 97.4 cm³/mol. The molecule has 0 radical (unpaired) electrons. The van der Waals surface area contributed by atoms with E-state index in [1.165, 1.54) is 11.3 Å². The molecule has 7 nitrogen and oxygen atoms in total. The van der Waals surface area contributed by atoms with E-state index in [9.17, 15) is 0 Å². The van der Waals surface area contributed by atoms with Crippen LogP contribution in [-0.2, 0) is 0 Å². The predicted octanol–water partition coefficient (Wildman–Crippen LogP) is 3.76. The van der Waals surface area contributed by atoms with E-state index in [-0.39, 0.29) is 5.71 Å². The van der Waals surface area contributed by atoms with E-state index in [2.05, 4.69) is 25.8 Å². The van der Waals surface area contributed by atoms with Gasteiger partial charge in [-0.15, -0.1) is 11.3 Å². The molecule has 3 aromatic rings. The Balaban J connectivity index is 1.66. The lowest BCUT2D eigenvalue weighted by Crippen LogP contribution is -1.96. The Labute approximate surface area is 147 Å². The van der Waals surface area contributed by atoms with E-state index in [4.69, 9.17) is 10.5 Å². The van der Waals surface area contributed by atoms with E-state index in [0.29, 0.717) is 5.69 Å². The van der Waals surface area contributed by atoms with Gasteiger partial charge in [0.25, 0.3) is 0 Å². The number of hydrazone groups is 1. The van der Waals surface area contributed by atoms with E-state index in [1.807, 2.05) is 35.7 Å². The minimum Gasteiger partial charge on any atom is -0.332 e. The third-order valence-electron chi connectivity index (χ3n) is 3.08. The van der Waals surface area contributed by atoms with Gasteiger partial charge in [-0.1, -0.05) is 6.07 Å². The van der Waals surface area contributed by atoms with Crippen LogP contribution < -0.4 is 10.7 Å². The molecule has 0 fully saturated rings. The maximum atomic E-state index is 8.63. The number of benzene rings is 1. The number of pyridine rings is 1. The van der Waals surface area contributed by atoms with Gasteiger partial charge < -0.3 is 5.32 Å². The van der Waals surface area contributed by atoms with Crippen molar-refractivity contribution in [2.75, 3.05) is 10.7 Å².